The van der Waals surface area contributed by atoms with Gasteiger partial charge in [0.2, 0.25) is 0 Å². The SMILES string of the molecule is CCOC(=O)C1CCCN(c2nc3c(C)cccn3c(=O)c2/C=C(\C#N)c2nc3ccccc3[nH]2)C1. The van der Waals surface area contributed by atoms with Crippen molar-refractivity contribution in [1.29, 1.82) is 5.26 Å². The lowest BCUT2D eigenvalue weighted by atomic mass is 9.97. The monoisotopic (exact) mass is 482 g/mol. The topological polar surface area (TPSA) is 116 Å². The number of para-hydroxylation sites is 2. The molecular weight excluding hydrogens is 456 g/mol. The minimum absolute atomic E-state index is 0.220. The molecule has 3 aromatic heterocycles. The van der Waals surface area contributed by atoms with Crippen LogP contribution in [0, 0.1) is 24.2 Å². The lowest BCUT2D eigenvalue weighted by molar-refractivity contribution is -0.148. The predicted octanol–water partition coefficient (Wildman–Crippen LogP) is 3.72. The van der Waals surface area contributed by atoms with Gasteiger partial charge in [0, 0.05) is 19.3 Å². The second-order valence-electron chi connectivity index (χ2n) is 8.85. The number of nitrogens with zero attached hydrogens (tertiary/aromatic N) is 5. The fraction of sp³-hybridized carbons (Fsp3) is 0.296. The number of rotatable bonds is 5. The maximum atomic E-state index is 13.7. The molecule has 9 heteroatoms. The van der Waals surface area contributed by atoms with Gasteiger partial charge in [0.25, 0.3) is 5.56 Å². The molecule has 36 heavy (non-hydrogen) atoms. The Hall–Kier alpha value is -4.45. The van der Waals surface area contributed by atoms with Crippen molar-refractivity contribution in [3.8, 4) is 6.07 Å². The summed E-state index contributed by atoms with van der Waals surface area (Å²) in [5, 5.41) is 10.0. The molecule has 0 bridgehead atoms. The lowest BCUT2D eigenvalue weighted by Crippen LogP contribution is -2.41. The number of piperidine rings is 1. The highest BCUT2D eigenvalue weighted by Gasteiger charge is 2.30. The average Bonchev–Trinajstić information content (AvgIpc) is 3.33. The molecule has 9 nitrogen and oxygen atoms in total. The van der Waals surface area contributed by atoms with Crippen LogP contribution in [0.2, 0.25) is 0 Å². The molecule has 1 aliphatic rings. The third-order valence-corrected chi connectivity index (χ3v) is 6.46. The van der Waals surface area contributed by atoms with Crippen molar-refractivity contribution >= 4 is 40.1 Å². The Morgan fingerprint density at radius 3 is 2.89 bits per heavy atom. The van der Waals surface area contributed by atoms with Crippen LogP contribution in [0.1, 0.15) is 36.7 Å². The molecular formula is C27H26N6O3. The van der Waals surface area contributed by atoms with Gasteiger partial charge in [-0.2, -0.15) is 5.26 Å². The smallest absolute Gasteiger partial charge is 0.310 e. The van der Waals surface area contributed by atoms with Crippen molar-refractivity contribution in [2.24, 2.45) is 5.92 Å². The first kappa shape index (κ1) is 23.3. The van der Waals surface area contributed by atoms with Crippen LogP contribution in [0.4, 0.5) is 5.82 Å². The van der Waals surface area contributed by atoms with Crippen molar-refractivity contribution in [3.63, 3.8) is 0 Å². The van der Waals surface area contributed by atoms with Gasteiger partial charge in [-0.25, -0.2) is 9.97 Å². The molecule has 0 spiro atoms. The summed E-state index contributed by atoms with van der Waals surface area (Å²) in [7, 11) is 0. The van der Waals surface area contributed by atoms with Gasteiger partial charge in [0.1, 0.15) is 23.4 Å². The normalized spacial score (nSPS) is 16.3. The van der Waals surface area contributed by atoms with Gasteiger partial charge in [-0.3, -0.25) is 14.0 Å². The molecule has 1 unspecified atom stereocenters. The summed E-state index contributed by atoms with van der Waals surface area (Å²) in [5.74, 6) is 0.278. The highest BCUT2D eigenvalue weighted by molar-refractivity contribution is 5.92. The number of allylic oxidation sites excluding steroid dienone is 1. The fourth-order valence-electron chi connectivity index (χ4n) is 4.67. The summed E-state index contributed by atoms with van der Waals surface area (Å²) in [6.07, 6.45) is 4.69. The van der Waals surface area contributed by atoms with Crippen LogP contribution in [0.5, 0.6) is 0 Å². The molecule has 5 rings (SSSR count). The molecule has 1 atom stereocenters. The molecule has 0 saturated carbocycles. The molecule has 0 amide bonds. The number of aromatic nitrogens is 4. The largest absolute Gasteiger partial charge is 0.466 e. The number of hydrogen-bond acceptors (Lipinski definition) is 7. The summed E-state index contributed by atoms with van der Waals surface area (Å²) >= 11 is 0. The molecule has 1 N–H and O–H groups in total. The second kappa shape index (κ2) is 9.66. The summed E-state index contributed by atoms with van der Waals surface area (Å²) in [6, 6.07) is 13.4. The number of nitriles is 1. The highest BCUT2D eigenvalue weighted by Crippen LogP contribution is 2.28. The van der Waals surface area contributed by atoms with Crippen LogP contribution < -0.4 is 10.5 Å². The zero-order chi connectivity index (χ0) is 25.2. The fourth-order valence-corrected chi connectivity index (χ4v) is 4.67. The quantitative estimate of drug-likeness (QED) is 0.340. The lowest BCUT2D eigenvalue weighted by Gasteiger charge is -2.33. The number of carbonyl (C=O) groups excluding carboxylic acids is 1. The first-order chi connectivity index (χ1) is 17.5. The molecule has 1 aromatic carbocycles. The van der Waals surface area contributed by atoms with Crippen LogP contribution >= 0.6 is 0 Å². The number of hydrogen-bond donors (Lipinski definition) is 1. The van der Waals surface area contributed by atoms with Crippen molar-refractivity contribution in [1.82, 2.24) is 19.4 Å². The molecule has 0 aliphatic carbocycles. The maximum Gasteiger partial charge on any atom is 0.310 e. The minimum atomic E-state index is -0.307. The third kappa shape index (κ3) is 4.22. The van der Waals surface area contributed by atoms with Crippen molar-refractivity contribution in [3.05, 3.63) is 69.9 Å². The summed E-state index contributed by atoms with van der Waals surface area (Å²) < 4.78 is 6.75. The second-order valence-corrected chi connectivity index (χ2v) is 8.85. The third-order valence-electron chi connectivity index (χ3n) is 6.46. The van der Waals surface area contributed by atoms with Crippen LogP contribution in [0.25, 0.3) is 28.3 Å². The summed E-state index contributed by atoms with van der Waals surface area (Å²) in [4.78, 5) is 40.7. The Morgan fingerprint density at radius 2 is 2.11 bits per heavy atom. The van der Waals surface area contributed by atoms with Gasteiger partial charge in [-0.15, -0.1) is 0 Å². The first-order valence-corrected chi connectivity index (χ1v) is 12.0. The molecule has 182 valence electrons. The van der Waals surface area contributed by atoms with Crippen molar-refractivity contribution in [2.45, 2.75) is 26.7 Å². The highest BCUT2D eigenvalue weighted by atomic mass is 16.5. The zero-order valence-corrected chi connectivity index (χ0v) is 20.2. The average molecular weight is 483 g/mol. The van der Waals surface area contributed by atoms with E-state index < -0.39 is 0 Å². The molecule has 4 aromatic rings. The molecule has 1 saturated heterocycles. The summed E-state index contributed by atoms with van der Waals surface area (Å²) in [6.45, 7) is 5.03. The molecule has 1 aliphatic heterocycles. The van der Waals surface area contributed by atoms with E-state index in [-0.39, 0.29) is 28.6 Å². The number of aryl methyl sites for hydroxylation is 1. The van der Waals surface area contributed by atoms with E-state index >= 15 is 0 Å². The van der Waals surface area contributed by atoms with Crippen molar-refractivity contribution in [2.75, 3.05) is 24.6 Å². The Labute approximate surface area is 207 Å². The van der Waals surface area contributed by atoms with E-state index in [1.807, 2.05) is 42.2 Å². The van der Waals surface area contributed by atoms with E-state index in [4.69, 9.17) is 9.72 Å². The number of benzene rings is 1. The number of nitrogens with one attached hydrogen (secondary N) is 1. The zero-order valence-electron chi connectivity index (χ0n) is 20.2. The number of esters is 1. The van der Waals surface area contributed by atoms with Gasteiger partial charge in [0.15, 0.2) is 0 Å². The van der Waals surface area contributed by atoms with E-state index in [9.17, 15) is 14.9 Å². The standard InChI is InChI=1S/C27H26N6O3/c1-3-36-27(35)18-9-7-12-32(16-18)25-20(26(34)33-13-6-8-17(2)24(33)31-25)14-19(15-28)23-29-21-10-4-5-11-22(21)30-23/h4-6,8,10-11,13-14,18H,3,7,9,12,16H2,1-2H3,(H,29,30)/b19-14+. The van der Waals surface area contributed by atoms with Crippen LogP contribution in [0.15, 0.2) is 47.4 Å². The van der Waals surface area contributed by atoms with Gasteiger partial charge in [-0.1, -0.05) is 18.2 Å². The number of imidazole rings is 1. The Balaban J connectivity index is 1.67. The number of ether oxygens (including phenoxy) is 1. The van der Waals surface area contributed by atoms with Crippen LogP contribution in [0.3, 0.4) is 0 Å². The first-order valence-electron chi connectivity index (χ1n) is 12.0. The Kier molecular flexibility index (Phi) is 6.25. The van der Waals surface area contributed by atoms with E-state index in [0.717, 1.165) is 23.0 Å². The Morgan fingerprint density at radius 1 is 1.28 bits per heavy atom. The van der Waals surface area contributed by atoms with Gasteiger partial charge in [-0.05, 0) is 56.5 Å². The van der Waals surface area contributed by atoms with E-state index in [1.165, 1.54) is 4.40 Å². The number of aromatic amines is 1. The van der Waals surface area contributed by atoms with E-state index in [2.05, 4.69) is 16.0 Å². The number of pyridine rings is 1. The van der Waals surface area contributed by atoms with Crippen molar-refractivity contribution < 1.29 is 9.53 Å². The minimum Gasteiger partial charge on any atom is -0.466 e. The van der Waals surface area contributed by atoms with Crippen LogP contribution in [-0.2, 0) is 9.53 Å². The van der Waals surface area contributed by atoms with E-state index in [0.29, 0.717) is 43.4 Å². The number of fused-ring (bicyclic) bond motifs is 2. The van der Waals surface area contributed by atoms with Gasteiger partial charge in [0.05, 0.1) is 34.7 Å². The number of anilines is 1. The maximum absolute atomic E-state index is 13.7. The predicted molar refractivity (Wildman–Crippen MR) is 137 cm³/mol. The summed E-state index contributed by atoms with van der Waals surface area (Å²) in [5.41, 5.74) is 3.12. The van der Waals surface area contributed by atoms with Crippen LogP contribution in [-0.4, -0.2) is 45.0 Å². The number of H-pyrrole nitrogens is 1. The molecule has 0 radical (unpaired) electrons. The number of carbonyl (C=O) groups is 1. The molecule has 4 heterocycles. The van der Waals surface area contributed by atoms with E-state index in [1.54, 1.807) is 25.3 Å². The van der Waals surface area contributed by atoms with Gasteiger partial charge >= 0.3 is 5.97 Å². The van der Waals surface area contributed by atoms with Gasteiger partial charge < -0.3 is 14.6 Å². The Bertz CT molecular complexity index is 1560. The molecule has 1 fully saturated rings.